The average molecular weight is 1190 g/mol. The van der Waals surface area contributed by atoms with Crippen LogP contribution in [0, 0.1) is 0 Å². The molecule has 0 amide bonds. The largest absolute Gasteiger partial charge is 0.534 e. The molecule has 4 aromatic carbocycles. The lowest BCUT2D eigenvalue weighted by atomic mass is 9.87. The molecule has 0 N–H and O–H groups in total. The number of rotatable bonds is 15. The molecule has 6 nitrogen and oxygen atoms in total. The Morgan fingerprint density at radius 3 is 0.770 bits per heavy atom. The Hall–Kier alpha value is -5.34. The van der Waals surface area contributed by atoms with Gasteiger partial charge in [0.05, 0.1) is 0 Å². The van der Waals surface area contributed by atoms with E-state index < -0.39 is 207 Å². The minimum Gasteiger partial charge on any atom is -0.375 e. The third kappa shape index (κ3) is 8.81. The highest BCUT2D eigenvalue weighted by atomic mass is 32.2. The highest BCUT2D eigenvalue weighted by Gasteiger charge is 2.92. The van der Waals surface area contributed by atoms with Crippen LogP contribution in [0.1, 0.15) is 11.1 Å². The van der Waals surface area contributed by atoms with Gasteiger partial charge in [-0.1, -0.05) is 36.4 Å². The van der Waals surface area contributed by atoms with Crippen LogP contribution in [0.4, 0.5) is 140 Å². The van der Waals surface area contributed by atoms with E-state index in [9.17, 15) is 140 Å². The molecule has 0 bridgehead atoms. The smallest absolute Gasteiger partial charge is 0.375 e. The van der Waals surface area contributed by atoms with E-state index >= 15 is 17.6 Å². The zero-order valence-corrected chi connectivity index (χ0v) is 34.8. The molecule has 0 aromatic heterocycles. The molecular weight excluding hydrogens is 1180 g/mol. The van der Waals surface area contributed by atoms with Crippen molar-refractivity contribution in [2.45, 2.75) is 82.6 Å². The third-order valence-corrected chi connectivity index (χ3v) is 11.7. The predicted octanol–water partition coefficient (Wildman–Crippen LogP) is 14.5. The van der Waals surface area contributed by atoms with Crippen molar-refractivity contribution in [3.8, 4) is 22.6 Å². The highest BCUT2D eigenvalue weighted by Crippen LogP contribution is 2.64. The fraction of sp³-hybridized carbons (Fsp3) is 0.412. The Morgan fingerprint density at radius 1 is 0.297 bits per heavy atom. The Balaban J connectivity index is 2.21. The van der Waals surface area contributed by atoms with E-state index in [2.05, 4.69) is 8.37 Å². The summed E-state index contributed by atoms with van der Waals surface area (Å²) in [5.41, 5.74) is -23.7. The van der Waals surface area contributed by atoms with Crippen LogP contribution in [-0.4, -0.2) is 87.6 Å². The molecule has 0 heterocycles. The molecule has 418 valence electrons. The van der Waals surface area contributed by atoms with E-state index in [0.717, 1.165) is 0 Å². The van der Waals surface area contributed by atoms with Crippen LogP contribution in [0.15, 0.2) is 60.7 Å². The van der Waals surface area contributed by atoms with Crippen molar-refractivity contribution < 1.29 is 166 Å². The SMILES string of the molecule is O=S(=O)(Oc1ccc2cc(C(F)(F)C(F)(F)C(F)(F)C(F)(F)C(F)(F)C(F)(F)F)ccc2c1-c1c(OS(=O)(=O)C(F)(F)F)ccc2cc(C(F)(F)C(F)(F)C(F)(F)C(F)(F)C(F)(F)C(F)(F)F)ccc12)C(F)(F)F. The first-order chi connectivity index (χ1) is 32.3. The van der Waals surface area contributed by atoms with Crippen LogP contribution >= 0.6 is 0 Å². The maximum Gasteiger partial charge on any atom is 0.534 e. The molecule has 0 spiro atoms. The molecule has 0 fully saturated rings. The molecule has 0 radical (unpaired) electrons. The fourth-order valence-corrected chi connectivity index (χ4v) is 6.84. The molecule has 74 heavy (non-hydrogen) atoms. The van der Waals surface area contributed by atoms with Crippen molar-refractivity contribution in [3.63, 3.8) is 0 Å². The number of halogens is 32. The lowest BCUT2D eigenvalue weighted by Gasteiger charge is -2.39. The van der Waals surface area contributed by atoms with Gasteiger partial charge in [0.25, 0.3) is 0 Å². The number of benzene rings is 4. The molecular formula is C34H10F32O6S2. The van der Waals surface area contributed by atoms with Gasteiger partial charge < -0.3 is 8.37 Å². The van der Waals surface area contributed by atoms with Gasteiger partial charge >= 0.3 is 103 Å². The summed E-state index contributed by atoms with van der Waals surface area (Å²) in [4.78, 5) is 0. The number of fused-ring (bicyclic) bond motifs is 2. The summed E-state index contributed by atoms with van der Waals surface area (Å²) < 4.78 is 500. The maximum absolute atomic E-state index is 15.3. The summed E-state index contributed by atoms with van der Waals surface area (Å²) in [7, 11) is -14.7. The van der Waals surface area contributed by atoms with Crippen molar-refractivity contribution in [2.24, 2.45) is 0 Å². The lowest BCUT2D eigenvalue weighted by molar-refractivity contribution is -0.441. The van der Waals surface area contributed by atoms with E-state index in [1.54, 1.807) is 0 Å². The molecule has 4 rings (SSSR count). The van der Waals surface area contributed by atoms with Crippen molar-refractivity contribution in [3.05, 3.63) is 71.8 Å². The molecule has 0 saturated carbocycles. The molecule has 4 aromatic rings. The quantitative estimate of drug-likeness (QED) is 0.0670. The Bertz CT molecular complexity index is 2850. The van der Waals surface area contributed by atoms with Gasteiger partial charge in [-0.25, -0.2) is 0 Å². The van der Waals surface area contributed by atoms with Gasteiger partial charge in [-0.2, -0.15) is 157 Å². The molecule has 0 aliphatic carbocycles. The lowest BCUT2D eigenvalue weighted by Crippen LogP contribution is -2.69. The van der Waals surface area contributed by atoms with Crippen molar-refractivity contribution >= 4 is 41.8 Å². The standard InChI is InChI=1S/C34H10F32O6S2/c35-21(36,23(39,40)25(43,44)27(47,48)29(51,52)31(55,56)57)13-3-5-15-11(9-13)1-7-17(71-73(67,68)33(61,62)63)19(15)20-16-6-4-14(10-12(16)2-8-18(20)72-74(69,70)34(64,65)66)22(37,38)24(41,42)26(45,46)28(49,50)30(53,54)32(58,59)60/h1-10H. The Morgan fingerprint density at radius 2 is 0.541 bits per heavy atom. The minimum absolute atomic E-state index is 0.237. The van der Waals surface area contributed by atoms with Gasteiger partial charge in [0.1, 0.15) is 0 Å². The van der Waals surface area contributed by atoms with Gasteiger partial charge in [-0.05, 0) is 45.8 Å². The molecule has 0 saturated heterocycles. The van der Waals surface area contributed by atoms with Gasteiger partial charge in [0, 0.05) is 22.3 Å². The highest BCUT2D eigenvalue weighted by molar-refractivity contribution is 7.88. The van der Waals surface area contributed by atoms with Gasteiger partial charge in [-0.15, -0.1) is 0 Å². The topological polar surface area (TPSA) is 86.7 Å². The van der Waals surface area contributed by atoms with E-state index in [1.165, 1.54) is 0 Å². The normalized spacial score (nSPS) is 15.5. The van der Waals surface area contributed by atoms with E-state index in [-0.39, 0.29) is 12.1 Å². The Kier molecular flexibility index (Phi) is 14.1. The van der Waals surface area contributed by atoms with Gasteiger partial charge in [-0.3, -0.25) is 0 Å². The van der Waals surface area contributed by atoms with Gasteiger partial charge in [0.15, 0.2) is 11.5 Å². The first kappa shape index (κ1) is 61.2. The first-order valence-corrected chi connectivity index (χ1v) is 20.2. The maximum atomic E-state index is 15.3. The molecule has 0 unspecified atom stereocenters. The van der Waals surface area contributed by atoms with Crippen LogP contribution in [0.5, 0.6) is 11.5 Å². The minimum atomic E-state index is -8.54. The van der Waals surface area contributed by atoms with E-state index in [0.29, 0.717) is 0 Å². The number of alkyl halides is 32. The summed E-state index contributed by atoms with van der Waals surface area (Å²) in [5, 5.41) is -6.94. The predicted molar refractivity (Wildman–Crippen MR) is 178 cm³/mol. The van der Waals surface area contributed by atoms with Crippen LogP contribution < -0.4 is 8.37 Å². The fourth-order valence-electron chi connectivity index (χ4n) is 5.90. The summed E-state index contributed by atoms with van der Waals surface area (Å²) >= 11 is 0. The molecule has 0 aliphatic rings. The van der Waals surface area contributed by atoms with Crippen molar-refractivity contribution in [1.82, 2.24) is 0 Å². The molecule has 0 aliphatic heterocycles. The first-order valence-electron chi connectivity index (χ1n) is 17.4. The van der Waals surface area contributed by atoms with Crippen LogP contribution in [-0.2, 0) is 32.1 Å². The number of hydrogen-bond donors (Lipinski definition) is 0. The third-order valence-electron chi connectivity index (χ3n) is 9.77. The second-order valence-electron chi connectivity index (χ2n) is 14.5. The van der Waals surface area contributed by atoms with Crippen LogP contribution in [0.2, 0.25) is 0 Å². The van der Waals surface area contributed by atoms with E-state index in [4.69, 9.17) is 0 Å². The Labute approximate surface area is 384 Å². The zero-order chi connectivity index (χ0) is 58.3. The van der Waals surface area contributed by atoms with E-state index in [1.807, 2.05) is 0 Å². The second-order valence-corrected chi connectivity index (χ2v) is 17.5. The van der Waals surface area contributed by atoms with Crippen LogP contribution in [0.25, 0.3) is 32.7 Å². The summed E-state index contributed by atoms with van der Waals surface area (Å²) in [6.45, 7) is 0. The monoisotopic (exact) mass is 1190 g/mol. The zero-order valence-electron chi connectivity index (χ0n) is 33.1. The van der Waals surface area contributed by atoms with Crippen molar-refractivity contribution in [1.29, 1.82) is 0 Å². The second kappa shape index (κ2) is 17.1. The van der Waals surface area contributed by atoms with Crippen molar-refractivity contribution in [2.75, 3.05) is 0 Å². The average Bonchev–Trinajstić information content (AvgIpc) is 3.20. The van der Waals surface area contributed by atoms with Gasteiger partial charge in [0.2, 0.25) is 0 Å². The molecule has 40 heteroatoms. The summed E-state index contributed by atoms with van der Waals surface area (Å²) in [5.74, 6) is -86.1. The summed E-state index contributed by atoms with van der Waals surface area (Å²) in [6, 6.07) is -5.85. The molecule has 0 atom stereocenters. The summed E-state index contributed by atoms with van der Waals surface area (Å²) in [6.07, 6.45) is -15.8. The number of hydrogen-bond acceptors (Lipinski definition) is 6. The van der Waals surface area contributed by atoms with Crippen LogP contribution in [0.3, 0.4) is 0 Å².